The molecule has 0 aliphatic carbocycles. The van der Waals surface area contributed by atoms with Gasteiger partial charge in [-0.3, -0.25) is 4.21 Å². The van der Waals surface area contributed by atoms with Crippen LogP contribution in [0.5, 0.6) is 0 Å². The van der Waals surface area contributed by atoms with E-state index in [4.69, 9.17) is 4.74 Å². The van der Waals surface area contributed by atoms with Gasteiger partial charge in [-0.05, 0) is 19.3 Å². The van der Waals surface area contributed by atoms with Gasteiger partial charge in [0, 0.05) is 35.0 Å². The molecule has 0 aromatic carbocycles. The Bertz CT molecular complexity index is 153. The molecule has 1 saturated heterocycles. The number of rotatable bonds is 5. The maximum atomic E-state index is 11.7. The van der Waals surface area contributed by atoms with Crippen molar-refractivity contribution in [1.82, 2.24) is 0 Å². The molecule has 13 heavy (non-hydrogen) atoms. The van der Waals surface area contributed by atoms with Gasteiger partial charge >= 0.3 is 0 Å². The lowest BCUT2D eigenvalue weighted by molar-refractivity contribution is 0.0992. The SMILES string of the molecule is CCCCC[S@@](=O)C1CCOCC1. The first-order valence-electron chi connectivity index (χ1n) is 5.29. The molecular formula is C10H20O2S. The van der Waals surface area contributed by atoms with Crippen LogP contribution in [0.4, 0.5) is 0 Å². The summed E-state index contributed by atoms with van der Waals surface area (Å²) in [4.78, 5) is 0. The minimum atomic E-state index is -0.588. The third-order valence-corrected chi connectivity index (χ3v) is 4.40. The van der Waals surface area contributed by atoms with Gasteiger partial charge in [0.1, 0.15) is 0 Å². The molecule has 0 amide bonds. The second kappa shape index (κ2) is 6.55. The van der Waals surface area contributed by atoms with E-state index in [1.54, 1.807) is 0 Å². The monoisotopic (exact) mass is 204 g/mol. The Hall–Kier alpha value is 0.110. The standard InChI is InChI=1S/C10H20O2S/c1-2-3-4-9-13(11)10-5-7-12-8-6-10/h10H,2-9H2,1H3/t13-/m1/s1. The average Bonchev–Trinajstić information content (AvgIpc) is 2.19. The Morgan fingerprint density at radius 2 is 2.00 bits per heavy atom. The first kappa shape index (κ1) is 11.2. The minimum Gasteiger partial charge on any atom is -0.381 e. The largest absolute Gasteiger partial charge is 0.381 e. The summed E-state index contributed by atoms with van der Waals surface area (Å²) >= 11 is 0. The molecule has 3 heteroatoms. The maximum absolute atomic E-state index is 11.7. The molecule has 0 unspecified atom stereocenters. The summed E-state index contributed by atoms with van der Waals surface area (Å²) < 4.78 is 17.0. The predicted octanol–water partition coefficient (Wildman–Crippen LogP) is 2.10. The zero-order valence-electron chi connectivity index (χ0n) is 8.46. The third kappa shape index (κ3) is 4.23. The number of hydrogen-bond donors (Lipinski definition) is 0. The van der Waals surface area contributed by atoms with Crippen LogP contribution in [0, 0.1) is 0 Å². The molecule has 0 N–H and O–H groups in total. The van der Waals surface area contributed by atoms with Gasteiger partial charge in [0.25, 0.3) is 0 Å². The number of unbranched alkanes of at least 4 members (excludes halogenated alkanes) is 2. The zero-order valence-corrected chi connectivity index (χ0v) is 9.28. The van der Waals surface area contributed by atoms with E-state index in [9.17, 15) is 4.21 Å². The van der Waals surface area contributed by atoms with E-state index >= 15 is 0 Å². The van der Waals surface area contributed by atoms with Gasteiger partial charge in [0.05, 0.1) is 0 Å². The second-order valence-electron chi connectivity index (χ2n) is 3.60. The van der Waals surface area contributed by atoms with Crippen LogP contribution in [0.1, 0.15) is 39.0 Å². The Kier molecular flexibility index (Phi) is 5.63. The molecule has 1 rings (SSSR count). The highest BCUT2D eigenvalue weighted by Crippen LogP contribution is 2.14. The molecular weight excluding hydrogens is 184 g/mol. The van der Waals surface area contributed by atoms with Crippen molar-refractivity contribution >= 4 is 10.8 Å². The van der Waals surface area contributed by atoms with Crippen LogP contribution in [-0.4, -0.2) is 28.4 Å². The summed E-state index contributed by atoms with van der Waals surface area (Å²) in [5.41, 5.74) is 0. The van der Waals surface area contributed by atoms with Gasteiger partial charge in [-0.1, -0.05) is 19.8 Å². The molecule has 1 fully saturated rings. The van der Waals surface area contributed by atoms with Crippen molar-refractivity contribution in [1.29, 1.82) is 0 Å². The van der Waals surface area contributed by atoms with E-state index in [1.165, 1.54) is 12.8 Å². The first-order valence-corrected chi connectivity index (χ1v) is 6.67. The summed E-state index contributed by atoms with van der Waals surface area (Å²) in [6, 6.07) is 0. The van der Waals surface area contributed by atoms with E-state index in [2.05, 4.69) is 6.92 Å². The highest BCUT2D eigenvalue weighted by Gasteiger charge is 2.19. The van der Waals surface area contributed by atoms with Gasteiger partial charge in [-0.25, -0.2) is 0 Å². The fourth-order valence-corrected chi connectivity index (χ4v) is 3.14. The quantitative estimate of drug-likeness (QED) is 0.641. The number of ether oxygens (including phenoxy) is 1. The average molecular weight is 204 g/mol. The van der Waals surface area contributed by atoms with Gasteiger partial charge in [-0.15, -0.1) is 0 Å². The molecule has 0 aromatic heterocycles. The van der Waals surface area contributed by atoms with Crippen LogP contribution < -0.4 is 0 Å². The van der Waals surface area contributed by atoms with Crippen molar-refractivity contribution in [3.63, 3.8) is 0 Å². The molecule has 0 saturated carbocycles. The van der Waals surface area contributed by atoms with Crippen molar-refractivity contribution in [3.8, 4) is 0 Å². The van der Waals surface area contributed by atoms with Crippen molar-refractivity contribution in [2.75, 3.05) is 19.0 Å². The molecule has 0 aromatic rings. The van der Waals surface area contributed by atoms with Crippen molar-refractivity contribution < 1.29 is 8.95 Å². The Morgan fingerprint density at radius 1 is 1.31 bits per heavy atom. The molecule has 0 radical (unpaired) electrons. The second-order valence-corrected chi connectivity index (χ2v) is 5.44. The fourth-order valence-electron chi connectivity index (χ4n) is 1.60. The van der Waals surface area contributed by atoms with Crippen molar-refractivity contribution in [3.05, 3.63) is 0 Å². The lowest BCUT2D eigenvalue weighted by atomic mass is 10.2. The van der Waals surface area contributed by atoms with Crippen LogP contribution in [0.15, 0.2) is 0 Å². The van der Waals surface area contributed by atoms with Crippen molar-refractivity contribution in [2.45, 2.75) is 44.3 Å². The molecule has 0 bridgehead atoms. The molecule has 0 spiro atoms. The Morgan fingerprint density at radius 3 is 2.62 bits per heavy atom. The molecule has 1 aliphatic rings. The summed E-state index contributed by atoms with van der Waals surface area (Å²) in [7, 11) is -0.588. The summed E-state index contributed by atoms with van der Waals surface area (Å²) in [6.45, 7) is 3.80. The molecule has 1 heterocycles. The van der Waals surface area contributed by atoms with Crippen LogP contribution in [0.3, 0.4) is 0 Å². The van der Waals surface area contributed by atoms with Crippen LogP contribution >= 0.6 is 0 Å². The Labute approximate surface area is 83.5 Å². The van der Waals surface area contributed by atoms with Crippen LogP contribution in [0.25, 0.3) is 0 Å². The highest BCUT2D eigenvalue weighted by atomic mass is 32.2. The third-order valence-electron chi connectivity index (χ3n) is 2.49. The molecule has 78 valence electrons. The molecule has 2 nitrogen and oxygen atoms in total. The fraction of sp³-hybridized carbons (Fsp3) is 1.00. The van der Waals surface area contributed by atoms with Crippen molar-refractivity contribution in [2.24, 2.45) is 0 Å². The molecule has 1 atom stereocenters. The van der Waals surface area contributed by atoms with Crippen LogP contribution in [-0.2, 0) is 15.5 Å². The van der Waals surface area contributed by atoms with E-state index in [1.807, 2.05) is 0 Å². The minimum absolute atomic E-state index is 0.422. The zero-order chi connectivity index (χ0) is 9.52. The van der Waals surface area contributed by atoms with Gasteiger partial charge < -0.3 is 4.74 Å². The van der Waals surface area contributed by atoms with Gasteiger partial charge in [-0.2, -0.15) is 0 Å². The highest BCUT2D eigenvalue weighted by molar-refractivity contribution is 7.85. The maximum Gasteiger partial charge on any atom is 0.0477 e. The number of hydrogen-bond acceptors (Lipinski definition) is 2. The van der Waals surface area contributed by atoms with Gasteiger partial charge in [0.2, 0.25) is 0 Å². The predicted molar refractivity (Wildman–Crippen MR) is 56.4 cm³/mol. The lowest BCUT2D eigenvalue weighted by Crippen LogP contribution is -2.26. The van der Waals surface area contributed by atoms with Gasteiger partial charge in [0.15, 0.2) is 0 Å². The lowest BCUT2D eigenvalue weighted by Gasteiger charge is -2.21. The summed E-state index contributed by atoms with van der Waals surface area (Å²) in [5, 5.41) is 0.422. The van der Waals surface area contributed by atoms with E-state index in [-0.39, 0.29) is 0 Å². The summed E-state index contributed by atoms with van der Waals surface area (Å²) in [5.74, 6) is 0.901. The Balaban J connectivity index is 2.13. The normalized spacial score (nSPS) is 21.6. The first-order chi connectivity index (χ1) is 6.34. The van der Waals surface area contributed by atoms with E-state index in [0.29, 0.717) is 5.25 Å². The molecule has 1 aliphatic heterocycles. The summed E-state index contributed by atoms with van der Waals surface area (Å²) in [6.07, 6.45) is 5.55. The topological polar surface area (TPSA) is 26.3 Å². The smallest absolute Gasteiger partial charge is 0.0477 e. The van der Waals surface area contributed by atoms with E-state index in [0.717, 1.165) is 38.2 Å². The van der Waals surface area contributed by atoms with Crippen LogP contribution in [0.2, 0.25) is 0 Å². The van der Waals surface area contributed by atoms with E-state index < -0.39 is 10.8 Å².